The van der Waals surface area contributed by atoms with Gasteiger partial charge in [-0.15, -0.1) is 0 Å². The second-order valence-corrected chi connectivity index (χ2v) is 7.95. The normalized spacial score (nSPS) is 17.8. The molecule has 1 unspecified atom stereocenters. The van der Waals surface area contributed by atoms with Gasteiger partial charge < -0.3 is 4.90 Å². The Morgan fingerprint density at radius 1 is 0.862 bits per heavy atom. The van der Waals surface area contributed by atoms with Crippen molar-refractivity contribution in [2.24, 2.45) is 0 Å². The maximum absolute atomic E-state index is 2.69. The van der Waals surface area contributed by atoms with Crippen LogP contribution in [-0.2, 0) is 13.1 Å². The molecule has 0 saturated carbocycles. The number of nitrogens with zero attached hydrogens (tertiary/aromatic N) is 3. The molecule has 1 fully saturated rings. The quantitative estimate of drug-likeness (QED) is 0.583. The zero-order valence-corrected chi connectivity index (χ0v) is 19.1. The van der Waals surface area contributed by atoms with Crippen molar-refractivity contribution in [2.75, 3.05) is 39.8 Å². The van der Waals surface area contributed by atoms with Crippen molar-refractivity contribution in [3.8, 4) is 0 Å². The number of unbranched alkanes of at least 4 members (excludes halogenated alkanes) is 1. The molecular formula is C26H41N3. The molecule has 3 rings (SSSR count). The van der Waals surface area contributed by atoms with Crippen LogP contribution in [0.4, 0.5) is 0 Å². The first-order valence-electron chi connectivity index (χ1n) is 11.5. The first-order valence-corrected chi connectivity index (χ1v) is 11.5. The molecule has 1 aliphatic heterocycles. The summed E-state index contributed by atoms with van der Waals surface area (Å²) in [5.74, 6) is 0. The molecule has 1 aliphatic rings. The van der Waals surface area contributed by atoms with Crippen LogP contribution in [0.3, 0.4) is 0 Å². The molecule has 0 amide bonds. The van der Waals surface area contributed by atoms with Crippen molar-refractivity contribution in [3.63, 3.8) is 0 Å². The Morgan fingerprint density at radius 3 is 2.03 bits per heavy atom. The molecule has 2 aromatic rings. The predicted octanol–water partition coefficient (Wildman–Crippen LogP) is 5.13. The van der Waals surface area contributed by atoms with Gasteiger partial charge in [0.05, 0.1) is 0 Å². The van der Waals surface area contributed by atoms with E-state index in [4.69, 9.17) is 0 Å². The van der Waals surface area contributed by atoms with E-state index in [1.165, 1.54) is 30.5 Å². The standard InChI is InChI=1S/C24H35N3.C2H6/c1-3-4-15-25(2)20-24-21-26(18-22-11-7-5-8-12-22)16-17-27(24)19-23-13-9-6-10-14-23;1-2/h5-14,24H,3-4,15-21H2,1-2H3;1-2H3. The molecule has 0 N–H and O–H groups in total. The third kappa shape index (κ3) is 8.30. The van der Waals surface area contributed by atoms with E-state index in [9.17, 15) is 0 Å². The highest BCUT2D eigenvalue weighted by atomic mass is 15.3. The number of likely N-dealkylation sites (N-methyl/N-ethyl adjacent to an activating group) is 1. The summed E-state index contributed by atoms with van der Waals surface area (Å²) in [4.78, 5) is 7.85. The number of hydrogen-bond donors (Lipinski definition) is 0. The molecule has 3 heteroatoms. The van der Waals surface area contributed by atoms with Crippen LogP contribution in [0.5, 0.6) is 0 Å². The molecule has 0 aliphatic carbocycles. The summed E-state index contributed by atoms with van der Waals surface area (Å²) in [6.45, 7) is 14.2. The van der Waals surface area contributed by atoms with E-state index in [1.807, 2.05) is 13.8 Å². The summed E-state index contributed by atoms with van der Waals surface area (Å²) in [5.41, 5.74) is 2.85. The Hall–Kier alpha value is -1.68. The van der Waals surface area contributed by atoms with E-state index in [0.717, 1.165) is 39.3 Å². The topological polar surface area (TPSA) is 9.72 Å². The van der Waals surface area contributed by atoms with Crippen LogP contribution in [-0.4, -0.2) is 60.5 Å². The van der Waals surface area contributed by atoms with Gasteiger partial charge in [-0.05, 0) is 31.1 Å². The van der Waals surface area contributed by atoms with Crippen LogP contribution in [0.1, 0.15) is 44.7 Å². The molecule has 1 atom stereocenters. The van der Waals surface area contributed by atoms with E-state index in [1.54, 1.807) is 0 Å². The Balaban J connectivity index is 0.00000145. The molecular weight excluding hydrogens is 354 g/mol. The summed E-state index contributed by atoms with van der Waals surface area (Å²) >= 11 is 0. The van der Waals surface area contributed by atoms with Gasteiger partial charge in [0.2, 0.25) is 0 Å². The minimum Gasteiger partial charge on any atom is -0.305 e. The van der Waals surface area contributed by atoms with Crippen LogP contribution in [0.15, 0.2) is 60.7 Å². The molecule has 1 saturated heterocycles. The summed E-state index contributed by atoms with van der Waals surface area (Å²) in [5, 5.41) is 0. The monoisotopic (exact) mass is 395 g/mol. The highest BCUT2D eigenvalue weighted by Crippen LogP contribution is 2.17. The smallest absolute Gasteiger partial charge is 0.0354 e. The number of piperazine rings is 1. The van der Waals surface area contributed by atoms with E-state index in [-0.39, 0.29) is 0 Å². The third-order valence-electron chi connectivity index (χ3n) is 5.58. The van der Waals surface area contributed by atoms with E-state index in [2.05, 4.69) is 89.3 Å². The van der Waals surface area contributed by atoms with Crippen LogP contribution in [0.2, 0.25) is 0 Å². The second-order valence-electron chi connectivity index (χ2n) is 7.95. The highest BCUT2D eigenvalue weighted by Gasteiger charge is 2.27. The largest absolute Gasteiger partial charge is 0.305 e. The van der Waals surface area contributed by atoms with Crippen molar-refractivity contribution >= 4 is 0 Å². The first-order chi connectivity index (χ1) is 14.2. The summed E-state index contributed by atoms with van der Waals surface area (Å²) in [6.07, 6.45) is 2.55. The predicted molar refractivity (Wildman–Crippen MR) is 126 cm³/mol. The highest BCUT2D eigenvalue weighted by molar-refractivity contribution is 5.16. The summed E-state index contributed by atoms with van der Waals surface area (Å²) < 4.78 is 0. The van der Waals surface area contributed by atoms with Crippen molar-refractivity contribution in [1.29, 1.82) is 0 Å². The average Bonchev–Trinajstić information content (AvgIpc) is 2.77. The van der Waals surface area contributed by atoms with Gasteiger partial charge in [-0.25, -0.2) is 0 Å². The van der Waals surface area contributed by atoms with Gasteiger partial charge in [0.1, 0.15) is 0 Å². The molecule has 0 spiro atoms. The van der Waals surface area contributed by atoms with Gasteiger partial charge in [0.25, 0.3) is 0 Å². The second kappa shape index (κ2) is 13.5. The fourth-order valence-electron chi connectivity index (χ4n) is 4.02. The minimum absolute atomic E-state index is 0.588. The Bertz CT molecular complexity index is 644. The molecule has 0 radical (unpaired) electrons. The van der Waals surface area contributed by atoms with Crippen molar-refractivity contribution in [3.05, 3.63) is 71.8 Å². The molecule has 0 aromatic heterocycles. The van der Waals surface area contributed by atoms with Crippen LogP contribution >= 0.6 is 0 Å². The number of hydrogen-bond acceptors (Lipinski definition) is 3. The van der Waals surface area contributed by atoms with Gasteiger partial charge in [-0.2, -0.15) is 0 Å². The maximum atomic E-state index is 2.69. The number of benzene rings is 2. The fraction of sp³-hybridized carbons (Fsp3) is 0.538. The van der Waals surface area contributed by atoms with Gasteiger partial charge in [-0.3, -0.25) is 9.80 Å². The van der Waals surface area contributed by atoms with E-state index >= 15 is 0 Å². The lowest BCUT2D eigenvalue weighted by Gasteiger charge is -2.43. The first kappa shape index (κ1) is 23.6. The Kier molecular flexibility index (Phi) is 11.0. The fourth-order valence-corrected chi connectivity index (χ4v) is 4.02. The Morgan fingerprint density at radius 2 is 1.45 bits per heavy atom. The summed E-state index contributed by atoms with van der Waals surface area (Å²) in [7, 11) is 2.28. The molecule has 3 nitrogen and oxygen atoms in total. The SMILES string of the molecule is CC.CCCCN(C)CC1CN(Cc2ccccc2)CCN1Cc1ccccc1. The summed E-state index contributed by atoms with van der Waals surface area (Å²) in [6, 6.07) is 22.4. The van der Waals surface area contributed by atoms with Gasteiger partial charge in [-0.1, -0.05) is 87.9 Å². The van der Waals surface area contributed by atoms with Gasteiger partial charge in [0, 0.05) is 45.3 Å². The van der Waals surface area contributed by atoms with Crippen LogP contribution in [0, 0.1) is 0 Å². The van der Waals surface area contributed by atoms with Crippen molar-refractivity contribution < 1.29 is 0 Å². The lowest BCUT2D eigenvalue weighted by atomic mass is 10.1. The zero-order chi connectivity index (χ0) is 20.9. The van der Waals surface area contributed by atoms with Crippen LogP contribution in [0.25, 0.3) is 0 Å². The van der Waals surface area contributed by atoms with E-state index < -0.39 is 0 Å². The molecule has 1 heterocycles. The maximum Gasteiger partial charge on any atom is 0.0354 e. The van der Waals surface area contributed by atoms with Gasteiger partial charge in [0.15, 0.2) is 0 Å². The minimum atomic E-state index is 0.588. The van der Waals surface area contributed by atoms with Crippen molar-refractivity contribution in [2.45, 2.75) is 52.7 Å². The Labute approximate surface area is 179 Å². The lowest BCUT2D eigenvalue weighted by molar-refractivity contribution is 0.0462. The average molecular weight is 396 g/mol. The molecule has 160 valence electrons. The zero-order valence-electron chi connectivity index (χ0n) is 19.1. The van der Waals surface area contributed by atoms with Crippen LogP contribution < -0.4 is 0 Å². The molecule has 0 bridgehead atoms. The van der Waals surface area contributed by atoms with Gasteiger partial charge >= 0.3 is 0 Å². The molecule has 2 aromatic carbocycles. The van der Waals surface area contributed by atoms with Crippen molar-refractivity contribution in [1.82, 2.24) is 14.7 Å². The third-order valence-corrected chi connectivity index (χ3v) is 5.58. The number of rotatable bonds is 9. The molecule has 29 heavy (non-hydrogen) atoms. The van der Waals surface area contributed by atoms with E-state index in [0.29, 0.717) is 6.04 Å². The lowest BCUT2D eigenvalue weighted by Crippen LogP contribution is -2.56.